The van der Waals surface area contributed by atoms with Gasteiger partial charge in [-0.15, -0.1) is 12.4 Å². The van der Waals surface area contributed by atoms with Gasteiger partial charge in [-0.3, -0.25) is 0 Å². The van der Waals surface area contributed by atoms with Gasteiger partial charge in [-0.25, -0.2) is 0 Å². The molecule has 0 unspecified atom stereocenters. The molecule has 2 aromatic rings. The maximum absolute atomic E-state index is 5.94. The molecule has 0 aliphatic carbocycles. The van der Waals surface area contributed by atoms with E-state index in [-0.39, 0.29) is 12.4 Å². The number of nitrogens with one attached hydrogen (secondary N) is 2. The number of piperazine rings is 1. The fourth-order valence-corrected chi connectivity index (χ4v) is 3.49. The van der Waals surface area contributed by atoms with Crippen molar-refractivity contribution >= 4 is 35.8 Å². The molecule has 0 saturated carbocycles. The van der Waals surface area contributed by atoms with Crippen LogP contribution in [0, 0.1) is 0 Å². The first-order valence-corrected chi connectivity index (χ1v) is 7.99. The number of hydrogen-bond donors (Lipinski definition) is 2. The second kappa shape index (κ2) is 8.06. The second-order valence-corrected chi connectivity index (χ2v) is 6.36. The average molecular weight is 341 g/mol. The van der Waals surface area contributed by atoms with E-state index in [1.165, 1.54) is 15.4 Å². The van der Waals surface area contributed by atoms with Gasteiger partial charge in [0, 0.05) is 40.5 Å². The minimum atomic E-state index is 0. The minimum absolute atomic E-state index is 0. The maximum atomic E-state index is 5.94. The zero-order valence-corrected chi connectivity index (χ0v) is 13.9. The Balaban J connectivity index is 0.00000161. The van der Waals surface area contributed by atoms with E-state index in [4.69, 9.17) is 11.6 Å². The fourth-order valence-electron chi connectivity index (χ4n) is 2.36. The van der Waals surface area contributed by atoms with Crippen molar-refractivity contribution in [1.82, 2.24) is 10.6 Å². The molecule has 2 aromatic carbocycles. The van der Waals surface area contributed by atoms with Gasteiger partial charge >= 0.3 is 0 Å². The second-order valence-electron chi connectivity index (χ2n) is 4.80. The molecule has 2 nitrogen and oxygen atoms in total. The van der Waals surface area contributed by atoms with E-state index < -0.39 is 0 Å². The monoisotopic (exact) mass is 340 g/mol. The van der Waals surface area contributed by atoms with E-state index in [2.05, 4.69) is 47.0 Å². The lowest BCUT2D eigenvalue weighted by atomic mass is 10.1. The SMILES string of the molecule is Cl.Clc1ccc(Sc2ccccc2[C@@H]2CNCCN2)cc1. The molecule has 0 spiro atoms. The summed E-state index contributed by atoms with van der Waals surface area (Å²) < 4.78 is 0. The van der Waals surface area contributed by atoms with Gasteiger partial charge in [-0.1, -0.05) is 41.6 Å². The Kier molecular flexibility index (Phi) is 6.40. The number of halogens is 2. The van der Waals surface area contributed by atoms with Crippen LogP contribution in [0.4, 0.5) is 0 Å². The van der Waals surface area contributed by atoms with Crippen molar-refractivity contribution in [1.29, 1.82) is 0 Å². The molecule has 0 amide bonds. The summed E-state index contributed by atoms with van der Waals surface area (Å²) in [5.74, 6) is 0. The third-order valence-electron chi connectivity index (χ3n) is 3.38. The first-order chi connectivity index (χ1) is 9.83. The average Bonchev–Trinajstić information content (AvgIpc) is 2.51. The van der Waals surface area contributed by atoms with E-state index in [1.807, 2.05) is 12.1 Å². The van der Waals surface area contributed by atoms with Crippen LogP contribution in [-0.2, 0) is 0 Å². The highest BCUT2D eigenvalue weighted by Crippen LogP contribution is 2.33. The molecule has 2 N–H and O–H groups in total. The zero-order chi connectivity index (χ0) is 13.8. The van der Waals surface area contributed by atoms with Gasteiger partial charge in [0.05, 0.1) is 0 Å². The van der Waals surface area contributed by atoms with E-state index in [9.17, 15) is 0 Å². The summed E-state index contributed by atoms with van der Waals surface area (Å²) in [7, 11) is 0. The standard InChI is InChI=1S/C16H17ClN2S.ClH/c17-12-5-7-13(8-6-12)20-16-4-2-1-3-14(16)15-11-18-9-10-19-15;/h1-8,15,18-19H,9-11H2;1H/t15-;/m0./s1. The Morgan fingerprint density at radius 3 is 2.48 bits per heavy atom. The molecular weight excluding hydrogens is 323 g/mol. The molecule has 1 fully saturated rings. The Bertz CT molecular complexity index is 569. The predicted molar refractivity (Wildman–Crippen MR) is 92.9 cm³/mol. The summed E-state index contributed by atoms with van der Waals surface area (Å²) in [4.78, 5) is 2.52. The molecule has 1 aliphatic rings. The van der Waals surface area contributed by atoms with Gasteiger partial charge in [0.25, 0.3) is 0 Å². The number of rotatable bonds is 3. The highest BCUT2D eigenvalue weighted by molar-refractivity contribution is 7.99. The summed E-state index contributed by atoms with van der Waals surface area (Å²) in [6.45, 7) is 3.05. The van der Waals surface area contributed by atoms with Crippen molar-refractivity contribution in [3.8, 4) is 0 Å². The summed E-state index contributed by atoms with van der Waals surface area (Å²) >= 11 is 7.73. The predicted octanol–water partition coefficient (Wildman–Crippen LogP) is 4.15. The first-order valence-electron chi connectivity index (χ1n) is 6.79. The van der Waals surface area contributed by atoms with Gasteiger partial charge in [-0.2, -0.15) is 0 Å². The van der Waals surface area contributed by atoms with Crippen LogP contribution in [-0.4, -0.2) is 19.6 Å². The Labute approximate surface area is 141 Å². The van der Waals surface area contributed by atoms with Crippen molar-refractivity contribution in [2.45, 2.75) is 15.8 Å². The highest BCUT2D eigenvalue weighted by atomic mass is 35.5. The number of benzene rings is 2. The third kappa shape index (κ3) is 4.38. The van der Waals surface area contributed by atoms with Crippen molar-refractivity contribution in [3.05, 3.63) is 59.1 Å². The Morgan fingerprint density at radius 2 is 1.76 bits per heavy atom. The Morgan fingerprint density at radius 1 is 1.00 bits per heavy atom. The lowest BCUT2D eigenvalue weighted by Crippen LogP contribution is -2.42. The molecule has 21 heavy (non-hydrogen) atoms. The summed E-state index contributed by atoms with van der Waals surface area (Å²) in [5.41, 5.74) is 1.36. The maximum Gasteiger partial charge on any atom is 0.0458 e. The van der Waals surface area contributed by atoms with Gasteiger partial charge in [-0.05, 0) is 35.9 Å². The molecule has 1 aliphatic heterocycles. The molecule has 112 valence electrons. The summed E-state index contributed by atoms with van der Waals surface area (Å²) in [5, 5.41) is 7.79. The van der Waals surface area contributed by atoms with Crippen molar-refractivity contribution in [2.75, 3.05) is 19.6 Å². The molecule has 1 atom stereocenters. The van der Waals surface area contributed by atoms with E-state index in [1.54, 1.807) is 11.8 Å². The molecule has 1 saturated heterocycles. The van der Waals surface area contributed by atoms with Gasteiger partial charge in [0.1, 0.15) is 0 Å². The van der Waals surface area contributed by atoms with Crippen molar-refractivity contribution < 1.29 is 0 Å². The highest BCUT2D eigenvalue weighted by Gasteiger charge is 2.17. The molecule has 3 rings (SSSR count). The van der Waals surface area contributed by atoms with Crippen LogP contribution in [0.3, 0.4) is 0 Å². The van der Waals surface area contributed by atoms with Crippen LogP contribution in [0.1, 0.15) is 11.6 Å². The van der Waals surface area contributed by atoms with Gasteiger partial charge < -0.3 is 10.6 Å². The molecule has 5 heteroatoms. The van der Waals surface area contributed by atoms with Crippen LogP contribution in [0.25, 0.3) is 0 Å². The van der Waals surface area contributed by atoms with Crippen LogP contribution in [0.5, 0.6) is 0 Å². The molecule has 0 aromatic heterocycles. The third-order valence-corrected chi connectivity index (χ3v) is 4.73. The largest absolute Gasteiger partial charge is 0.314 e. The topological polar surface area (TPSA) is 24.1 Å². The van der Waals surface area contributed by atoms with E-state index >= 15 is 0 Å². The zero-order valence-electron chi connectivity index (χ0n) is 11.5. The lowest BCUT2D eigenvalue weighted by Gasteiger charge is -2.26. The molecule has 0 bridgehead atoms. The Hall–Kier alpha value is -0.710. The van der Waals surface area contributed by atoms with E-state index in [0.717, 1.165) is 24.7 Å². The summed E-state index contributed by atoms with van der Waals surface area (Å²) in [6, 6.07) is 17.0. The molecule has 0 radical (unpaired) electrons. The number of hydrogen-bond acceptors (Lipinski definition) is 3. The van der Waals surface area contributed by atoms with E-state index in [0.29, 0.717) is 6.04 Å². The summed E-state index contributed by atoms with van der Waals surface area (Å²) in [6.07, 6.45) is 0. The smallest absolute Gasteiger partial charge is 0.0458 e. The molecular formula is C16H18Cl2N2S. The minimum Gasteiger partial charge on any atom is -0.314 e. The first kappa shape index (κ1) is 16.7. The van der Waals surface area contributed by atoms with Crippen molar-refractivity contribution in [2.24, 2.45) is 0 Å². The van der Waals surface area contributed by atoms with Gasteiger partial charge in [0.15, 0.2) is 0 Å². The van der Waals surface area contributed by atoms with Gasteiger partial charge in [0.2, 0.25) is 0 Å². The molecule has 1 heterocycles. The fraction of sp³-hybridized carbons (Fsp3) is 0.250. The van der Waals surface area contributed by atoms with Crippen LogP contribution in [0.2, 0.25) is 5.02 Å². The van der Waals surface area contributed by atoms with Crippen LogP contribution < -0.4 is 10.6 Å². The van der Waals surface area contributed by atoms with Crippen LogP contribution >= 0.6 is 35.8 Å². The lowest BCUT2D eigenvalue weighted by molar-refractivity contribution is 0.426. The van der Waals surface area contributed by atoms with Crippen LogP contribution in [0.15, 0.2) is 58.3 Å². The normalized spacial score (nSPS) is 18.0. The quantitative estimate of drug-likeness (QED) is 0.877. The van der Waals surface area contributed by atoms with Crippen molar-refractivity contribution in [3.63, 3.8) is 0 Å².